The van der Waals surface area contributed by atoms with Gasteiger partial charge >= 0.3 is 0 Å². The molecule has 0 aromatic rings. The first kappa shape index (κ1) is 18.2. The van der Waals surface area contributed by atoms with Crippen LogP contribution >= 0.6 is 0 Å². The Hall–Kier alpha value is -0.820. The van der Waals surface area contributed by atoms with E-state index in [1.54, 1.807) is 5.57 Å². The predicted molar refractivity (Wildman–Crippen MR) is 93.3 cm³/mol. The normalized spacial score (nSPS) is 26.2. The maximum atomic E-state index is 9.70. The summed E-state index contributed by atoms with van der Waals surface area (Å²) in [4.78, 5) is 0. The van der Waals surface area contributed by atoms with E-state index in [0.29, 0.717) is 5.92 Å². The molecule has 0 aromatic heterocycles. The number of rotatable bonds is 2. The van der Waals surface area contributed by atoms with E-state index in [1.807, 2.05) is 13.8 Å². The fourth-order valence-electron chi connectivity index (χ4n) is 3.02. The van der Waals surface area contributed by atoms with Crippen molar-refractivity contribution in [3.63, 3.8) is 0 Å². The zero-order chi connectivity index (χ0) is 16.0. The van der Waals surface area contributed by atoms with Gasteiger partial charge in [-0.3, -0.25) is 0 Å². The average Bonchev–Trinajstić information content (AvgIpc) is 2.39. The molecule has 2 rings (SSSR count). The maximum Gasteiger partial charge on any atom is 0.0622 e. The van der Waals surface area contributed by atoms with Crippen LogP contribution in [-0.4, -0.2) is 10.7 Å². The van der Waals surface area contributed by atoms with Crippen LogP contribution in [0, 0.1) is 11.8 Å². The Kier molecular flexibility index (Phi) is 6.93. The van der Waals surface area contributed by atoms with Gasteiger partial charge < -0.3 is 5.11 Å². The van der Waals surface area contributed by atoms with Crippen molar-refractivity contribution < 1.29 is 5.11 Å². The highest BCUT2D eigenvalue weighted by atomic mass is 16.3. The van der Waals surface area contributed by atoms with Gasteiger partial charge in [-0.1, -0.05) is 35.5 Å². The third kappa shape index (κ3) is 6.65. The lowest BCUT2D eigenvalue weighted by atomic mass is 9.80. The second-order valence-electron chi connectivity index (χ2n) is 7.54. The zero-order valence-electron chi connectivity index (χ0n) is 14.7. The SMILES string of the molecule is C=C(C)C1CC=C(C)CC1.CC1=CCC(C(C)(C)O)CC1. The number of hydrogen-bond acceptors (Lipinski definition) is 1. The van der Waals surface area contributed by atoms with Crippen LogP contribution in [0.5, 0.6) is 0 Å². The van der Waals surface area contributed by atoms with Gasteiger partial charge in [0.2, 0.25) is 0 Å². The summed E-state index contributed by atoms with van der Waals surface area (Å²) in [5.74, 6) is 1.23. The first-order valence-corrected chi connectivity index (χ1v) is 8.39. The van der Waals surface area contributed by atoms with E-state index in [-0.39, 0.29) is 0 Å². The van der Waals surface area contributed by atoms with Crippen molar-refractivity contribution in [1.82, 2.24) is 0 Å². The number of aliphatic hydroxyl groups is 1. The van der Waals surface area contributed by atoms with Crippen LogP contribution in [-0.2, 0) is 0 Å². The van der Waals surface area contributed by atoms with Crippen LogP contribution in [0.15, 0.2) is 35.5 Å². The second kappa shape index (κ2) is 7.98. The van der Waals surface area contributed by atoms with Crippen LogP contribution in [0.1, 0.15) is 73.1 Å². The summed E-state index contributed by atoms with van der Waals surface area (Å²) < 4.78 is 0. The van der Waals surface area contributed by atoms with Gasteiger partial charge in [0.15, 0.2) is 0 Å². The number of hydrogen-bond donors (Lipinski definition) is 1. The minimum atomic E-state index is -0.489. The molecule has 2 aliphatic carbocycles. The molecule has 0 fully saturated rings. The number of allylic oxidation sites excluding steroid dienone is 5. The molecule has 0 heterocycles. The van der Waals surface area contributed by atoms with Crippen molar-refractivity contribution in [1.29, 1.82) is 0 Å². The molecule has 1 heteroatoms. The van der Waals surface area contributed by atoms with Gasteiger partial charge in [0.1, 0.15) is 0 Å². The van der Waals surface area contributed by atoms with Crippen LogP contribution in [0.25, 0.3) is 0 Å². The molecular weight excluding hydrogens is 256 g/mol. The van der Waals surface area contributed by atoms with Crippen LogP contribution in [0.3, 0.4) is 0 Å². The smallest absolute Gasteiger partial charge is 0.0622 e. The van der Waals surface area contributed by atoms with Crippen molar-refractivity contribution in [2.75, 3.05) is 0 Å². The molecule has 0 bridgehead atoms. The van der Waals surface area contributed by atoms with Gasteiger partial charge in [0.05, 0.1) is 5.60 Å². The molecule has 120 valence electrons. The summed E-state index contributed by atoms with van der Waals surface area (Å²) in [5, 5.41) is 9.70. The minimum absolute atomic E-state index is 0.464. The quantitative estimate of drug-likeness (QED) is 0.636. The van der Waals surface area contributed by atoms with Gasteiger partial charge in [-0.2, -0.15) is 0 Å². The summed E-state index contributed by atoms with van der Waals surface area (Å²) in [6.07, 6.45) is 11.8. The monoisotopic (exact) mass is 290 g/mol. The fourth-order valence-corrected chi connectivity index (χ4v) is 3.02. The van der Waals surface area contributed by atoms with Crippen molar-refractivity contribution in [2.45, 2.75) is 78.7 Å². The van der Waals surface area contributed by atoms with E-state index in [9.17, 15) is 5.11 Å². The molecule has 2 unspecified atom stereocenters. The first-order chi connectivity index (χ1) is 9.70. The van der Waals surface area contributed by atoms with Crippen molar-refractivity contribution in [3.05, 3.63) is 35.5 Å². The zero-order valence-corrected chi connectivity index (χ0v) is 14.7. The molecule has 0 aromatic carbocycles. The Labute approximate surface area is 131 Å². The summed E-state index contributed by atoms with van der Waals surface area (Å²) in [5.41, 5.74) is 3.89. The molecule has 2 atom stereocenters. The maximum absolute atomic E-state index is 9.70. The second-order valence-corrected chi connectivity index (χ2v) is 7.54. The lowest BCUT2D eigenvalue weighted by molar-refractivity contribution is 0.0126. The standard InChI is InChI=1S/C10H18O.C10H16/c1-8-4-6-9(7-5-8)10(2,3)11;1-8(2)10-6-4-9(3)5-7-10/h4,9,11H,5-7H2,1-3H3;4,10H,1,5-7H2,2-3H3. The first-order valence-electron chi connectivity index (χ1n) is 8.39. The molecule has 0 spiro atoms. The van der Waals surface area contributed by atoms with Crippen molar-refractivity contribution in [3.8, 4) is 0 Å². The third-order valence-electron chi connectivity index (χ3n) is 4.97. The molecule has 1 nitrogen and oxygen atoms in total. The molecule has 1 N–H and O–H groups in total. The van der Waals surface area contributed by atoms with E-state index in [1.165, 1.54) is 30.4 Å². The largest absolute Gasteiger partial charge is 0.390 e. The Morgan fingerprint density at radius 3 is 1.95 bits per heavy atom. The third-order valence-corrected chi connectivity index (χ3v) is 4.97. The van der Waals surface area contributed by atoms with Gasteiger partial charge in [-0.15, -0.1) is 0 Å². The summed E-state index contributed by atoms with van der Waals surface area (Å²) in [7, 11) is 0. The fraction of sp³-hybridized carbons (Fsp3) is 0.700. The molecule has 0 saturated carbocycles. The van der Waals surface area contributed by atoms with E-state index in [0.717, 1.165) is 25.2 Å². The lowest BCUT2D eigenvalue weighted by Gasteiger charge is -2.31. The minimum Gasteiger partial charge on any atom is -0.390 e. The summed E-state index contributed by atoms with van der Waals surface area (Å²) in [6.45, 7) is 14.3. The van der Waals surface area contributed by atoms with Crippen LogP contribution in [0.2, 0.25) is 0 Å². The highest BCUT2D eigenvalue weighted by molar-refractivity contribution is 5.09. The van der Waals surface area contributed by atoms with Crippen molar-refractivity contribution >= 4 is 0 Å². The average molecular weight is 290 g/mol. The highest BCUT2D eigenvalue weighted by Crippen LogP contribution is 2.31. The van der Waals surface area contributed by atoms with E-state index in [4.69, 9.17) is 0 Å². The Bertz CT molecular complexity index is 406. The van der Waals surface area contributed by atoms with Gasteiger partial charge in [0.25, 0.3) is 0 Å². The van der Waals surface area contributed by atoms with E-state index < -0.39 is 5.60 Å². The van der Waals surface area contributed by atoms with Crippen molar-refractivity contribution in [2.24, 2.45) is 11.8 Å². The van der Waals surface area contributed by atoms with E-state index in [2.05, 4.69) is 39.5 Å². The van der Waals surface area contributed by atoms with E-state index >= 15 is 0 Å². The molecule has 0 radical (unpaired) electrons. The van der Waals surface area contributed by atoms with Gasteiger partial charge in [0, 0.05) is 0 Å². The summed E-state index contributed by atoms with van der Waals surface area (Å²) in [6, 6.07) is 0. The summed E-state index contributed by atoms with van der Waals surface area (Å²) >= 11 is 0. The molecule has 0 amide bonds. The van der Waals surface area contributed by atoms with Gasteiger partial charge in [-0.05, 0) is 85.0 Å². The van der Waals surface area contributed by atoms with Crippen LogP contribution in [0.4, 0.5) is 0 Å². The Morgan fingerprint density at radius 1 is 1.10 bits per heavy atom. The highest BCUT2D eigenvalue weighted by Gasteiger charge is 2.27. The lowest BCUT2D eigenvalue weighted by Crippen LogP contribution is -2.31. The molecule has 21 heavy (non-hydrogen) atoms. The molecular formula is C20H34O. The molecule has 0 aliphatic heterocycles. The predicted octanol–water partition coefficient (Wildman–Crippen LogP) is 5.81. The Morgan fingerprint density at radius 2 is 1.62 bits per heavy atom. The van der Waals surface area contributed by atoms with Crippen LogP contribution < -0.4 is 0 Å². The van der Waals surface area contributed by atoms with Gasteiger partial charge in [-0.25, -0.2) is 0 Å². The topological polar surface area (TPSA) is 20.2 Å². The molecule has 0 saturated heterocycles. The molecule has 2 aliphatic rings. The Balaban J connectivity index is 0.000000211.